The average molecular weight is 259 g/mol. The topological polar surface area (TPSA) is 57.0 Å². The molecule has 100 valence electrons. The van der Waals surface area contributed by atoms with Crippen molar-refractivity contribution >= 4 is 5.97 Å². The summed E-state index contributed by atoms with van der Waals surface area (Å²) in [4.78, 5) is 16.1. The summed E-state index contributed by atoms with van der Waals surface area (Å²) >= 11 is 0. The Morgan fingerprint density at radius 2 is 2.16 bits per heavy atom. The Balaban J connectivity index is 2.30. The molecule has 5 heteroatoms. The maximum Gasteiger partial charge on any atom is 0.339 e. The van der Waals surface area contributed by atoms with Gasteiger partial charge in [0.1, 0.15) is 0 Å². The van der Waals surface area contributed by atoms with Crippen LogP contribution in [-0.2, 0) is 11.3 Å². The first-order chi connectivity index (χ1) is 9.15. The van der Waals surface area contributed by atoms with Crippen molar-refractivity contribution in [3.8, 4) is 11.3 Å². The Hall–Kier alpha value is -2.17. The summed E-state index contributed by atoms with van der Waals surface area (Å²) in [5.74, 6) is -0.330. The van der Waals surface area contributed by atoms with Crippen molar-refractivity contribution in [2.45, 2.75) is 27.3 Å². The number of carbonyl (C=O) groups is 1. The highest BCUT2D eigenvalue weighted by molar-refractivity contribution is 5.90. The lowest BCUT2D eigenvalue weighted by Gasteiger charge is -2.06. The molecule has 0 aromatic carbocycles. The number of nitrogens with zero attached hydrogens (tertiary/aromatic N) is 3. The van der Waals surface area contributed by atoms with Gasteiger partial charge in [0.25, 0.3) is 0 Å². The summed E-state index contributed by atoms with van der Waals surface area (Å²) in [6.07, 6.45) is 3.71. The van der Waals surface area contributed by atoms with Crippen LogP contribution < -0.4 is 0 Å². The summed E-state index contributed by atoms with van der Waals surface area (Å²) in [6, 6.07) is 3.56. The van der Waals surface area contributed by atoms with Gasteiger partial charge in [-0.25, -0.2) is 4.79 Å². The second-order valence-electron chi connectivity index (χ2n) is 4.13. The third-order valence-electron chi connectivity index (χ3n) is 2.83. The highest BCUT2D eigenvalue weighted by Crippen LogP contribution is 2.18. The van der Waals surface area contributed by atoms with Gasteiger partial charge in [0.2, 0.25) is 0 Å². The van der Waals surface area contributed by atoms with Crippen molar-refractivity contribution in [1.82, 2.24) is 14.8 Å². The Morgan fingerprint density at radius 3 is 2.74 bits per heavy atom. The van der Waals surface area contributed by atoms with Crippen LogP contribution in [0.4, 0.5) is 0 Å². The van der Waals surface area contributed by atoms with Crippen molar-refractivity contribution in [1.29, 1.82) is 0 Å². The van der Waals surface area contributed by atoms with Gasteiger partial charge in [0.05, 0.1) is 29.8 Å². The van der Waals surface area contributed by atoms with Gasteiger partial charge >= 0.3 is 5.97 Å². The van der Waals surface area contributed by atoms with Crippen LogP contribution in [0.5, 0.6) is 0 Å². The first kappa shape index (κ1) is 13.3. The van der Waals surface area contributed by atoms with Crippen LogP contribution in [0.1, 0.15) is 29.9 Å². The second-order valence-corrected chi connectivity index (χ2v) is 4.13. The molecule has 2 aromatic heterocycles. The molecule has 0 aliphatic heterocycles. The van der Waals surface area contributed by atoms with E-state index in [1.54, 1.807) is 26.1 Å². The molecule has 5 nitrogen and oxygen atoms in total. The van der Waals surface area contributed by atoms with E-state index < -0.39 is 0 Å². The molecule has 0 aliphatic rings. The fourth-order valence-corrected chi connectivity index (χ4v) is 1.82. The molecular formula is C14H17N3O2. The van der Waals surface area contributed by atoms with E-state index in [0.717, 1.165) is 17.8 Å². The summed E-state index contributed by atoms with van der Waals surface area (Å²) in [5.41, 5.74) is 2.93. The highest BCUT2D eigenvalue weighted by Gasteiger charge is 2.12. The molecule has 0 spiro atoms. The molecule has 0 amide bonds. The molecule has 0 saturated heterocycles. The molecule has 2 aromatic rings. The van der Waals surface area contributed by atoms with Gasteiger partial charge in [-0.3, -0.25) is 9.67 Å². The molecule has 19 heavy (non-hydrogen) atoms. The van der Waals surface area contributed by atoms with E-state index >= 15 is 0 Å². The average Bonchev–Trinajstić information content (AvgIpc) is 2.87. The van der Waals surface area contributed by atoms with Gasteiger partial charge in [0, 0.05) is 18.3 Å². The van der Waals surface area contributed by atoms with E-state index in [0.29, 0.717) is 17.9 Å². The molecule has 0 N–H and O–H groups in total. The van der Waals surface area contributed by atoms with Crippen molar-refractivity contribution < 1.29 is 9.53 Å². The van der Waals surface area contributed by atoms with Gasteiger partial charge in [-0.1, -0.05) is 0 Å². The Kier molecular flexibility index (Phi) is 3.94. The van der Waals surface area contributed by atoms with Gasteiger partial charge in [-0.2, -0.15) is 5.10 Å². The number of hydrogen-bond donors (Lipinski definition) is 0. The minimum absolute atomic E-state index is 0.330. The molecule has 2 heterocycles. The molecule has 0 bridgehead atoms. The van der Waals surface area contributed by atoms with E-state index in [4.69, 9.17) is 4.74 Å². The van der Waals surface area contributed by atoms with Gasteiger partial charge in [-0.15, -0.1) is 0 Å². The zero-order valence-electron chi connectivity index (χ0n) is 11.4. The predicted molar refractivity (Wildman–Crippen MR) is 71.8 cm³/mol. The number of esters is 1. The third-order valence-corrected chi connectivity index (χ3v) is 2.83. The number of hydrogen-bond acceptors (Lipinski definition) is 4. The number of aryl methyl sites for hydroxylation is 2. The molecule has 0 aliphatic carbocycles. The number of carbonyl (C=O) groups excluding carboxylic acids is 1. The lowest BCUT2D eigenvalue weighted by molar-refractivity contribution is 0.0525. The number of ether oxygens (including phenoxy) is 1. The van der Waals surface area contributed by atoms with E-state index in [1.807, 2.05) is 23.9 Å². The monoisotopic (exact) mass is 259 g/mol. The summed E-state index contributed by atoms with van der Waals surface area (Å²) < 4.78 is 6.82. The molecule has 0 fully saturated rings. The molecule has 0 saturated carbocycles. The smallest absolute Gasteiger partial charge is 0.339 e. The highest BCUT2D eigenvalue weighted by atomic mass is 16.5. The fourth-order valence-electron chi connectivity index (χ4n) is 1.82. The first-order valence-corrected chi connectivity index (χ1v) is 6.33. The van der Waals surface area contributed by atoms with Crippen molar-refractivity contribution in [3.05, 3.63) is 35.8 Å². The largest absolute Gasteiger partial charge is 0.462 e. The summed E-state index contributed by atoms with van der Waals surface area (Å²) in [5, 5.41) is 4.21. The standard InChI is InChI=1S/C14H17N3O2/c1-4-17-9-11(8-15-17)13-7-6-12(10(3)16-13)14(18)19-5-2/h6-9H,4-5H2,1-3H3. The molecule has 0 radical (unpaired) electrons. The van der Waals surface area contributed by atoms with Gasteiger partial charge < -0.3 is 4.74 Å². The minimum Gasteiger partial charge on any atom is -0.462 e. The minimum atomic E-state index is -0.330. The Labute approximate surface area is 112 Å². The van der Waals surface area contributed by atoms with E-state index in [1.165, 1.54) is 0 Å². The summed E-state index contributed by atoms with van der Waals surface area (Å²) in [7, 11) is 0. The van der Waals surface area contributed by atoms with Crippen LogP contribution >= 0.6 is 0 Å². The molecule has 2 rings (SSSR count). The van der Waals surface area contributed by atoms with E-state index in [2.05, 4.69) is 10.1 Å². The quantitative estimate of drug-likeness (QED) is 0.791. The third kappa shape index (κ3) is 2.81. The van der Waals surface area contributed by atoms with Crippen LogP contribution in [0, 0.1) is 6.92 Å². The van der Waals surface area contributed by atoms with Crippen LogP contribution in [0.25, 0.3) is 11.3 Å². The van der Waals surface area contributed by atoms with Gasteiger partial charge in [0.15, 0.2) is 0 Å². The SMILES string of the molecule is CCOC(=O)c1ccc(-c2cnn(CC)c2)nc1C. The number of rotatable bonds is 4. The number of aromatic nitrogens is 3. The fraction of sp³-hybridized carbons (Fsp3) is 0.357. The molecule has 0 unspecified atom stereocenters. The maximum absolute atomic E-state index is 11.7. The van der Waals surface area contributed by atoms with E-state index in [9.17, 15) is 4.79 Å². The lowest BCUT2D eigenvalue weighted by atomic mass is 10.1. The number of pyridine rings is 1. The Bertz CT molecular complexity index is 590. The maximum atomic E-state index is 11.7. The van der Waals surface area contributed by atoms with Crippen molar-refractivity contribution in [2.24, 2.45) is 0 Å². The van der Waals surface area contributed by atoms with E-state index in [-0.39, 0.29) is 5.97 Å². The lowest BCUT2D eigenvalue weighted by Crippen LogP contribution is -2.08. The van der Waals surface area contributed by atoms with Crippen LogP contribution in [0.3, 0.4) is 0 Å². The predicted octanol–water partition coefficient (Wildman–Crippen LogP) is 2.45. The summed E-state index contributed by atoms with van der Waals surface area (Å²) in [6.45, 7) is 6.80. The van der Waals surface area contributed by atoms with Crippen molar-refractivity contribution in [3.63, 3.8) is 0 Å². The zero-order valence-corrected chi connectivity index (χ0v) is 11.4. The van der Waals surface area contributed by atoms with Crippen LogP contribution in [0.15, 0.2) is 24.5 Å². The van der Waals surface area contributed by atoms with Gasteiger partial charge in [-0.05, 0) is 32.9 Å². The van der Waals surface area contributed by atoms with Crippen molar-refractivity contribution in [2.75, 3.05) is 6.61 Å². The Morgan fingerprint density at radius 1 is 1.37 bits per heavy atom. The second kappa shape index (κ2) is 5.65. The first-order valence-electron chi connectivity index (χ1n) is 6.33. The van der Waals surface area contributed by atoms with Crippen LogP contribution in [0.2, 0.25) is 0 Å². The molecular weight excluding hydrogens is 242 g/mol. The molecule has 0 atom stereocenters. The van der Waals surface area contributed by atoms with Crippen LogP contribution in [-0.4, -0.2) is 27.3 Å². The normalized spacial score (nSPS) is 10.5. The zero-order chi connectivity index (χ0) is 13.8.